The summed E-state index contributed by atoms with van der Waals surface area (Å²) in [5, 5.41) is 9.90. The molecule has 0 spiro atoms. The Hall–Kier alpha value is -6.01. The SMILES string of the molecule is Cc1ncc(-c2ccc3c(=O)n(-c4ccc(Cl)c5c(NS(C)(=O)=O)nn(CC(F)(F)F)c45)c([C@H](Cc4cc(F)cc(F)c4)NC(=O)Cn4nc(C(F)F)c5c4C(F)(F)[C@@H]4C[C@H]54)nc3c2)s1. The Morgan fingerprint density at radius 3 is 2.42 bits per heavy atom. The smallest absolute Gasteiger partial charge is 0.344 e. The van der Waals surface area contributed by atoms with Crippen molar-refractivity contribution in [3.05, 3.63) is 115 Å². The normalized spacial score (nSPS) is 17.2. The van der Waals surface area contributed by atoms with Crippen LogP contribution in [0.2, 0.25) is 5.02 Å². The van der Waals surface area contributed by atoms with Crippen LogP contribution >= 0.6 is 22.9 Å². The third kappa shape index (κ3) is 8.19. The molecular formula is C40H29ClF9N9O4S2. The van der Waals surface area contributed by atoms with Crippen molar-refractivity contribution in [2.24, 2.45) is 5.92 Å². The first-order chi connectivity index (χ1) is 30.5. The molecule has 0 unspecified atom stereocenters. The standard InChI is InChI=1S/C40H29ClF9N9O4S2/c1-16-51-13-28(64-16)18-3-4-21-25(10-18)53-37(59(38(21)61)27-6-5-24(41)31-33(27)58(15-39(46,47)48)55-36(31)56-65(2,62)63)26(9-17-7-19(42)11-20(43)8-17)52-29(60)14-57-34-30(32(54-57)35(44)45)22-12-23(22)40(34,49)50/h3-8,10-11,13,22-23,26,35H,9,12,14-15H2,1-2H3,(H,52,60)(H,55,56)/t22-,23+,26-/m0/s1. The van der Waals surface area contributed by atoms with Gasteiger partial charge in [-0.3, -0.25) is 28.2 Å². The molecule has 4 aromatic heterocycles. The van der Waals surface area contributed by atoms with Crippen molar-refractivity contribution < 1.29 is 52.7 Å². The van der Waals surface area contributed by atoms with Crippen LogP contribution in [0.15, 0.2) is 59.5 Å². The van der Waals surface area contributed by atoms with Gasteiger partial charge in [-0.2, -0.15) is 32.1 Å². The minimum Gasteiger partial charge on any atom is -0.344 e. The number of rotatable bonds is 12. The summed E-state index contributed by atoms with van der Waals surface area (Å²) in [5.74, 6) is -10.3. The third-order valence-corrected chi connectivity index (χ3v) is 12.8. The Balaban J connectivity index is 1.28. The predicted molar refractivity (Wildman–Crippen MR) is 219 cm³/mol. The maximum Gasteiger partial charge on any atom is 0.408 e. The fourth-order valence-electron chi connectivity index (χ4n) is 8.42. The Labute approximate surface area is 368 Å². The molecule has 2 N–H and O–H groups in total. The van der Waals surface area contributed by atoms with Crippen LogP contribution in [0, 0.1) is 24.5 Å². The number of nitrogens with zero attached hydrogens (tertiary/aromatic N) is 7. The molecule has 7 aromatic rings. The van der Waals surface area contributed by atoms with Gasteiger partial charge in [0.2, 0.25) is 15.9 Å². The highest BCUT2D eigenvalue weighted by molar-refractivity contribution is 7.92. The lowest BCUT2D eigenvalue weighted by molar-refractivity contribution is -0.141. The summed E-state index contributed by atoms with van der Waals surface area (Å²) in [5.41, 5.74) is -3.89. The van der Waals surface area contributed by atoms with E-state index in [0.29, 0.717) is 37.1 Å². The molecule has 13 nitrogen and oxygen atoms in total. The number of benzene rings is 3. The number of carbonyl (C=O) groups is 1. The molecule has 0 saturated heterocycles. The summed E-state index contributed by atoms with van der Waals surface area (Å²) in [4.78, 5) is 38.8. The maximum absolute atomic E-state index is 15.5. The Morgan fingerprint density at radius 1 is 1.05 bits per heavy atom. The van der Waals surface area contributed by atoms with Gasteiger partial charge in [-0.15, -0.1) is 11.3 Å². The lowest BCUT2D eigenvalue weighted by Gasteiger charge is -2.24. The second kappa shape index (κ2) is 15.6. The van der Waals surface area contributed by atoms with E-state index < -0.39 is 129 Å². The quantitative estimate of drug-likeness (QED) is 0.116. The van der Waals surface area contributed by atoms with E-state index in [1.54, 1.807) is 19.2 Å². The van der Waals surface area contributed by atoms with Crippen LogP contribution in [0.4, 0.5) is 45.3 Å². The average Bonchev–Trinajstić information content (AvgIpc) is 3.40. The van der Waals surface area contributed by atoms with Crippen molar-refractivity contribution in [1.29, 1.82) is 0 Å². The van der Waals surface area contributed by atoms with Gasteiger partial charge in [-0.05, 0) is 66.8 Å². The van der Waals surface area contributed by atoms with E-state index >= 15 is 13.6 Å². The average molecular weight is 970 g/mol. The molecule has 2 aliphatic rings. The molecule has 65 heavy (non-hydrogen) atoms. The monoisotopic (exact) mass is 969 g/mol. The van der Waals surface area contributed by atoms with Crippen molar-refractivity contribution in [3.8, 4) is 16.1 Å². The van der Waals surface area contributed by atoms with Gasteiger partial charge in [-0.1, -0.05) is 17.7 Å². The maximum atomic E-state index is 15.5. The van der Waals surface area contributed by atoms with Crippen molar-refractivity contribution >= 4 is 66.5 Å². The summed E-state index contributed by atoms with van der Waals surface area (Å²) in [6.07, 6.45) is -6.72. The number of aryl methyl sites for hydroxylation is 1. The number of alkyl halides is 7. The second-order valence-electron chi connectivity index (χ2n) is 15.7. The molecule has 25 heteroatoms. The Bertz CT molecular complexity index is 3280. The first kappa shape index (κ1) is 44.2. The molecule has 3 aromatic carbocycles. The number of hydrogen-bond donors (Lipinski definition) is 2. The minimum atomic E-state index is -5.01. The molecule has 1 saturated carbocycles. The van der Waals surface area contributed by atoms with Gasteiger partial charge in [0.05, 0.1) is 54.7 Å². The molecule has 1 fully saturated rings. The molecular weight excluding hydrogens is 941 g/mol. The van der Waals surface area contributed by atoms with E-state index in [2.05, 4.69) is 20.5 Å². The molecule has 0 bridgehead atoms. The van der Waals surface area contributed by atoms with Gasteiger partial charge in [0, 0.05) is 30.2 Å². The lowest BCUT2D eigenvalue weighted by atomic mass is 10.0. The van der Waals surface area contributed by atoms with Crippen LogP contribution < -0.4 is 15.6 Å². The van der Waals surface area contributed by atoms with Crippen molar-refractivity contribution in [2.45, 2.75) is 63.3 Å². The van der Waals surface area contributed by atoms with Crippen molar-refractivity contribution in [3.63, 3.8) is 0 Å². The van der Waals surface area contributed by atoms with E-state index in [1.807, 2.05) is 4.72 Å². The van der Waals surface area contributed by atoms with Gasteiger partial charge >= 0.3 is 6.18 Å². The van der Waals surface area contributed by atoms with E-state index in [0.717, 1.165) is 28.8 Å². The topological polar surface area (TPSA) is 159 Å². The number of fused-ring (bicyclic) bond motifs is 5. The van der Waals surface area contributed by atoms with E-state index in [-0.39, 0.29) is 33.5 Å². The zero-order chi connectivity index (χ0) is 46.7. The molecule has 0 radical (unpaired) electrons. The first-order valence-corrected chi connectivity index (χ1v) is 22.3. The van der Waals surface area contributed by atoms with Gasteiger partial charge in [0.1, 0.15) is 41.9 Å². The number of aromatic nitrogens is 7. The Kier molecular flexibility index (Phi) is 10.6. The minimum absolute atomic E-state index is 0.0618. The Morgan fingerprint density at radius 2 is 1.77 bits per heavy atom. The number of amides is 1. The van der Waals surface area contributed by atoms with Crippen molar-refractivity contribution in [1.82, 2.24) is 39.4 Å². The van der Waals surface area contributed by atoms with E-state index in [9.17, 15) is 43.9 Å². The number of hydrogen-bond acceptors (Lipinski definition) is 9. The highest BCUT2D eigenvalue weighted by atomic mass is 35.5. The highest BCUT2D eigenvalue weighted by Gasteiger charge is 2.67. The molecule has 340 valence electrons. The van der Waals surface area contributed by atoms with E-state index in [4.69, 9.17) is 16.6 Å². The largest absolute Gasteiger partial charge is 0.408 e. The van der Waals surface area contributed by atoms with Crippen LogP contribution in [0.1, 0.15) is 58.2 Å². The summed E-state index contributed by atoms with van der Waals surface area (Å²) in [7, 11) is -4.23. The fraction of sp³-hybridized carbons (Fsp3) is 0.300. The molecule has 2 aliphatic carbocycles. The molecule has 9 rings (SSSR count). The zero-order valence-corrected chi connectivity index (χ0v) is 35.6. The first-order valence-electron chi connectivity index (χ1n) is 19.2. The number of anilines is 1. The summed E-state index contributed by atoms with van der Waals surface area (Å²) in [6, 6.07) is 7.18. The predicted octanol–water partition coefficient (Wildman–Crippen LogP) is 8.48. The fourth-order valence-corrected chi connectivity index (χ4v) is 9.93. The van der Waals surface area contributed by atoms with Crippen molar-refractivity contribution in [2.75, 3.05) is 11.0 Å². The molecule has 0 aliphatic heterocycles. The summed E-state index contributed by atoms with van der Waals surface area (Å²) in [6.45, 7) is -1.21. The number of sulfonamides is 1. The zero-order valence-electron chi connectivity index (χ0n) is 33.2. The van der Waals surface area contributed by atoms with Gasteiger partial charge in [0.25, 0.3) is 17.9 Å². The molecule has 4 heterocycles. The van der Waals surface area contributed by atoms with Gasteiger partial charge < -0.3 is 5.32 Å². The summed E-state index contributed by atoms with van der Waals surface area (Å²) >= 11 is 7.80. The van der Waals surface area contributed by atoms with Crippen LogP contribution in [0.5, 0.6) is 0 Å². The number of halogens is 10. The summed E-state index contributed by atoms with van der Waals surface area (Å²) < 4.78 is 160. The lowest BCUT2D eigenvalue weighted by Crippen LogP contribution is -2.38. The van der Waals surface area contributed by atoms with Crippen LogP contribution in [-0.4, -0.2) is 60.9 Å². The number of thiazole rings is 1. The van der Waals surface area contributed by atoms with Crippen LogP contribution in [0.25, 0.3) is 37.9 Å². The van der Waals surface area contributed by atoms with Gasteiger partial charge in [0.15, 0.2) is 5.82 Å². The van der Waals surface area contributed by atoms with Crippen LogP contribution in [0.3, 0.4) is 0 Å². The highest BCUT2D eigenvalue weighted by Crippen LogP contribution is 2.68. The molecule has 3 atom stereocenters. The second-order valence-corrected chi connectivity index (χ2v) is 19.0. The third-order valence-electron chi connectivity index (χ3n) is 10.9. The van der Waals surface area contributed by atoms with E-state index in [1.165, 1.54) is 23.5 Å². The number of carbonyl (C=O) groups excluding carboxylic acids is 1. The number of nitrogens with one attached hydrogen (secondary N) is 2. The molecule has 1 amide bonds. The van der Waals surface area contributed by atoms with Crippen LogP contribution in [-0.2, 0) is 40.3 Å². The van der Waals surface area contributed by atoms with Gasteiger partial charge in [-0.25, -0.2) is 35.9 Å².